The van der Waals surface area contributed by atoms with Gasteiger partial charge in [0.05, 0.1) is 10.6 Å². The van der Waals surface area contributed by atoms with Crippen LogP contribution in [0.15, 0.2) is 18.2 Å². The minimum absolute atomic E-state index is 0.320. The van der Waals surface area contributed by atoms with Gasteiger partial charge in [-0.3, -0.25) is 9.59 Å². The van der Waals surface area contributed by atoms with Gasteiger partial charge in [-0.2, -0.15) is 0 Å². The zero-order valence-electron chi connectivity index (χ0n) is 15.0. The van der Waals surface area contributed by atoms with Crippen LogP contribution < -0.4 is 15.8 Å². The van der Waals surface area contributed by atoms with E-state index in [4.69, 9.17) is 33.7 Å². The van der Waals surface area contributed by atoms with Crippen LogP contribution >= 0.6 is 34.5 Å². The number of rotatable bonds is 5. The summed E-state index contributed by atoms with van der Waals surface area (Å²) >= 11 is 13.4. The monoisotopic (exact) mass is 426 g/mol. The van der Waals surface area contributed by atoms with Crippen molar-refractivity contribution in [3.05, 3.63) is 44.2 Å². The Morgan fingerprint density at radius 2 is 2.11 bits per heavy atom. The number of carbonyl (C=O) groups excluding carboxylic acids is 2. The average Bonchev–Trinajstić information content (AvgIpc) is 2.94. The van der Waals surface area contributed by atoms with Gasteiger partial charge in [-0.15, -0.1) is 11.3 Å². The number of hydrogen-bond donors (Lipinski definition) is 2. The van der Waals surface area contributed by atoms with Gasteiger partial charge < -0.3 is 15.8 Å². The summed E-state index contributed by atoms with van der Waals surface area (Å²) in [5.41, 5.74) is 6.97. The van der Waals surface area contributed by atoms with Crippen LogP contribution in [-0.4, -0.2) is 17.9 Å². The molecule has 5 nitrogen and oxygen atoms in total. The molecular weight excluding hydrogens is 407 g/mol. The largest absolute Gasteiger partial charge is 0.479 e. The van der Waals surface area contributed by atoms with Gasteiger partial charge in [0.15, 0.2) is 6.10 Å². The van der Waals surface area contributed by atoms with E-state index in [0.29, 0.717) is 32.3 Å². The van der Waals surface area contributed by atoms with Gasteiger partial charge in [-0.05, 0) is 55.9 Å². The quantitative estimate of drug-likeness (QED) is 0.727. The molecule has 0 saturated heterocycles. The third kappa shape index (κ3) is 4.39. The second-order valence-corrected chi connectivity index (χ2v) is 8.69. The van der Waals surface area contributed by atoms with Crippen molar-refractivity contribution in [2.45, 2.75) is 39.2 Å². The lowest BCUT2D eigenvalue weighted by molar-refractivity contribution is -0.122. The van der Waals surface area contributed by atoms with E-state index in [2.05, 4.69) is 12.2 Å². The SMILES string of the molecule is C[C@@H]1CCc2c(sc(NC(=O)[C@H](C)Oc3ccc(Cl)cc3Cl)c2C(N)=O)C1. The fourth-order valence-corrected chi connectivity index (χ4v) is 5.00. The number of anilines is 1. The molecule has 1 aliphatic carbocycles. The van der Waals surface area contributed by atoms with Crippen LogP contribution in [0.3, 0.4) is 0 Å². The van der Waals surface area contributed by atoms with Crippen LogP contribution in [-0.2, 0) is 17.6 Å². The maximum Gasteiger partial charge on any atom is 0.265 e. The lowest BCUT2D eigenvalue weighted by atomic mass is 9.88. The van der Waals surface area contributed by atoms with Gasteiger partial charge in [0, 0.05) is 9.90 Å². The number of benzene rings is 1. The van der Waals surface area contributed by atoms with Crippen molar-refractivity contribution >= 4 is 51.4 Å². The molecule has 0 saturated carbocycles. The molecular formula is C19H20Cl2N2O3S. The molecule has 2 amide bonds. The Hall–Kier alpha value is -1.76. The van der Waals surface area contributed by atoms with E-state index in [9.17, 15) is 9.59 Å². The normalized spacial score (nSPS) is 17.1. The highest BCUT2D eigenvalue weighted by atomic mass is 35.5. The molecule has 2 atom stereocenters. The van der Waals surface area contributed by atoms with E-state index < -0.39 is 12.0 Å². The molecule has 0 spiro atoms. The Labute approximate surface area is 171 Å². The molecule has 8 heteroatoms. The summed E-state index contributed by atoms with van der Waals surface area (Å²) in [6.07, 6.45) is 1.88. The summed E-state index contributed by atoms with van der Waals surface area (Å²) in [5, 5.41) is 4.09. The van der Waals surface area contributed by atoms with Crippen molar-refractivity contribution in [1.29, 1.82) is 0 Å². The van der Waals surface area contributed by atoms with Crippen molar-refractivity contribution in [3.63, 3.8) is 0 Å². The summed E-state index contributed by atoms with van der Waals surface area (Å²) < 4.78 is 5.64. The summed E-state index contributed by atoms with van der Waals surface area (Å²) in [6, 6.07) is 4.78. The number of hydrogen-bond acceptors (Lipinski definition) is 4. The van der Waals surface area contributed by atoms with Crippen molar-refractivity contribution in [3.8, 4) is 5.75 Å². The third-order valence-corrected chi connectivity index (χ3v) is 6.26. The zero-order valence-corrected chi connectivity index (χ0v) is 17.3. The molecule has 0 radical (unpaired) electrons. The van der Waals surface area contributed by atoms with Gasteiger partial charge in [0.1, 0.15) is 10.8 Å². The molecule has 144 valence electrons. The molecule has 1 aromatic carbocycles. The third-order valence-electron chi connectivity index (χ3n) is 4.56. The molecule has 27 heavy (non-hydrogen) atoms. The fourth-order valence-electron chi connectivity index (χ4n) is 3.13. The van der Waals surface area contributed by atoms with E-state index in [0.717, 1.165) is 29.7 Å². The van der Waals surface area contributed by atoms with Gasteiger partial charge in [-0.1, -0.05) is 30.1 Å². The van der Waals surface area contributed by atoms with Crippen molar-refractivity contribution < 1.29 is 14.3 Å². The predicted octanol–water partition coefficient (Wildman–Crippen LogP) is 4.68. The first-order valence-electron chi connectivity index (χ1n) is 8.63. The molecule has 0 fully saturated rings. The standard InChI is InChI=1S/C19H20Cl2N2O3S/c1-9-3-5-12-15(7-9)27-19(16(12)17(22)24)23-18(25)10(2)26-14-6-4-11(20)8-13(14)21/h4,6,8-10H,3,5,7H2,1-2H3,(H2,22,24)(H,23,25)/t9-,10+/m1/s1. The van der Waals surface area contributed by atoms with Gasteiger partial charge in [0.25, 0.3) is 11.8 Å². The number of halogens is 2. The van der Waals surface area contributed by atoms with E-state index >= 15 is 0 Å². The molecule has 1 heterocycles. The molecule has 1 aliphatic rings. The second-order valence-electron chi connectivity index (χ2n) is 6.74. The molecule has 2 aromatic rings. The van der Waals surface area contributed by atoms with Crippen molar-refractivity contribution in [2.24, 2.45) is 11.7 Å². The first-order valence-corrected chi connectivity index (χ1v) is 10.2. The van der Waals surface area contributed by atoms with Crippen LogP contribution in [0.4, 0.5) is 5.00 Å². The Morgan fingerprint density at radius 3 is 2.78 bits per heavy atom. The van der Waals surface area contributed by atoms with Crippen LogP contribution in [0, 0.1) is 5.92 Å². The van der Waals surface area contributed by atoms with Crippen LogP contribution in [0.25, 0.3) is 0 Å². The van der Waals surface area contributed by atoms with E-state index in [1.165, 1.54) is 11.3 Å². The average molecular weight is 427 g/mol. The maximum atomic E-state index is 12.6. The van der Waals surface area contributed by atoms with Gasteiger partial charge in [0.2, 0.25) is 0 Å². The van der Waals surface area contributed by atoms with Crippen molar-refractivity contribution in [1.82, 2.24) is 0 Å². The first-order chi connectivity index (χ1) is 12.8. The fraction of sp³-hybridized carbons (Fsp3) is 0.368. The summed E-state index contributed by atoms with van der Waals surface area (Å²) in [6.45, 7) is 3.79. The Bertz CT molecular complexity index is 897. The zero-order chi connectivity index (χ0) is 19.7. The van der Waals surface area contributed by atoms with E-state index in [1.54, 1.807) is 25.1 Å². The smallest absolute Gasteiger partial charge is 0.265 e. The minimum Gasteiger partial charge on any atom is -0.479 e. The molecule has 3 rings (SSSR count). The lowest BCUT2D eigenvalue weighted by Crippen LogP contribution is -2.30. The van der Waals surface area contributed by atoms with E-state index in [-0.39, 0.29) is 5.91 Å². The van der Waals surface area contributed by atoms with Crippen LogP contribution in [0.5, 0.6) is 5.75 Å². The predicted molar refractivity (Wildman–Crippen MR) is 109 cm³/mol. The Morgan fingerprint density at radius 1 is 1.37 bits per heavy atom. The topological polar surface area (TPSA) is 81.4 Å². The Balaban J connectivity index is 1.78. The van der Waals surface area contributed by atoms with Gasteiger partial charge >= 0.3 is 0 Å². The number of carbonyl (C=O) groups is 2. The highest BCUT2D eigenvalue weighted by Crippen LogP contribution is 2.39. The number of ether oxygens (including phenoxy) is 1. The summed E-state index contributed by atoms with van der Waals surface area (Å²) in [5.74, 6) is 0.00899. The second kappa shape index (κ2) is 8.09. The molecule has 0 aliphatic heterocycles. The number of nitrogens with two attached hydrogens (primary N) is 1. The lowest BCUT2D eigenvalue weighted by Gasteiger charge is -2.18. The van der Waals surface area contributed by atoms with Crippen molar-refractivity contribution in [2.75, 3.05) is 5.32 Å². The molecule has 0 bridgehead atoms. The van der Waals surface area contributed by atoms with Crippen LogP contribution in [0.1, 0.15) is 41.1 Å². The number of primary amides is 1. The molecule has 0 unspecified atom stereocenters. The Kier molecular flexibility index (Phi) is 5.99. The van der Waals surface area contributed by atoms with Gasteiger partial charge in [-0.25, -0.2) is 0 Å². The highest BCUT2D eigenvalue weighted by molar-refractivity contribution is 7.17. The maximum absolute atomic E-state index is 12.6. The molecule has 3 N–H and O–H groups in total. The first kappa shape index (κ1) is 20.0. The molecule has 1 aromatic heterocycles. The minimum atomic E-state index is -0.817. The van der Waals surface area contributed by atoms with Crippen LogP contribution in [0.2, 0.25) is 10.0 Å². The summed E-state index contributed by atoms with van der Waals surface area (Å²) in [7, 11) is 0. The number of thiophene rings is 1. The number of fused-ring (bicyclic) bond motifs is 1. The number of nitrogens with one attached hydrogen (secondary N) is 1. The highest BCUT2D eigenvalue weighted by Gasteiger charge is 2.28. The van der Waals surface area contributed by atoms with E-state index in [1.807, 2.05) is 0 Å². The summed E-state index contributed by atoms with van der Waals surface area (Å²) in [4.78, 5) is 25.7. The number of amides is 2.